The van der Waals surface area contributed by atoms with E-state index in [1.165, 1.54) is 18.2 Å². The van der Waals surface area contributed by atoms with Crippen molar-refractivity contribution < 1.29 is 28.4 Å². The number of benzene rings is 1. The number of rotatable bonds is 8. The van der Waals surface area contributed by atoms with Crippen LogP contribution in [0.5, 0.6) is 5.75 Å². The summed E-state index contributed by atoms with van der Waals surface area (Å²) in [5.41, 5.74) is 0.843. The number of hydrogen-bond donors (Lipinski definition) is 1. The molecule has 1 aliphatic heterocycles. The van der Waals surface area contributed by atoms with Crippen LogP contribution in [0.4, 0.5) is 0 Å². The van der Waals surface area contributed by atoms with Crippen LogP contribution in [-0.2, 0) is 20.7 Å². The summed E-state index contributed by atoms with van der Waals surface area (Å²) in [6.07, 6.45) is 1.30. The molecule has 0 spiro atoms. The van der Waals surface area contributed by atoms with Crippen LogP contribution >= 0.6 is 23.2 Å². The molecule has 0 saturated heterocycles. The Kier molecular flexibility index (Phi) is 7.03. The van der Waals surface area contributed by atoms with Crippen LogP contribution < -0.4 is 10.5 Å². The lowest BCUT2D eigenvalue weighted by Gasteiger charge is -2.18. The van der Waals surface area contributed by atoms with Crippen LogP contribution in [0.25, 0.3) is 0 Å². The van der Waals surface area contributed by atoms with Crippen LogP contribution in [0, 0.1) is 5.92 Å². The molecule has 0 aliphatic carbocycles. The van der Waals surface area contributed by atoms with Crippen LogP contribution in [0.1, 0.15) is 23.1 Å². The number of carbonyl (C=O) groups is 3. The second kappa shape index (κ2) is 9.71. The number of carbonyl (C=O) groups excluding carboxylic acids is 3. The molecule has 0 fully saturated rings. The fraction of sp³-hybridized carbons (Fsp3) is 0.263. The van der Waals surface area contributed by atoms with Crippen molar-refractivity contribution in [3.05, 3.63) is 55.8 Å². The lowest BCUT2D eigenvalue weighted by molar-refractivity contribution is -0.130. The molecule has 162 valence electrons. The monoisotopic (exact) mass is 467 g/mol. The molecule has 2 aromatic rings. The Morgan fingerprint density at radius 1 is 1.32 bits per heavy atom. The number of aromatic amines is 1. The quantitative estimate of drug-likeness (QED) is 0.459. The average molecular weight is 468 g/mol. The van der Waals surface area contributed by atoms with Gasteiger partial charge in [-0.2, -0.15) is 0 Å². The second-order valence-corrected chi connectivity index (χ2v) is 7.36. The third-order valence-corrected chi connectivity index (χ3v) is 4.82. The summed E-state index contributed by atoms with van der Waals surface area (Å²) < 4.78 is 14.7. The number of Topliss-reactive ketones (excluding diaryl/α,β-unsaturated/α-hetero) is 2. The summed E-state index contributed by atoms with van der Waals surface area (Å²) in [4.78, 5) is 51.8. The first-order valence-electron chi connectivity index (χ1n) is 8.88. The van der Waals surface area contributed by atoms with Gasteiger partial charge in [0.25, 0.3) is 6.47 Å². The van der Waals surface area contributed by atoms with Crippen LogP contribution in [0.3, 0.4) is 0 Å². The van der Waals surface area contributed by atoms with E-state index in [2.05, 4.69) is 19.7 Å². The van der Waals surface area contributed by atoms with Crippen molar-refractivity contribution in [2.75, 3.05) is 13.2 Å². The van der Waals surface area contributed by atoms with Crippen molar-refractivity contribution in [3.8, 4) is 5.75 Å². The number of hydrogen-bond acceptors (Lipinski definition) is 9. The van der Waals surface area contributed by atoms with Gasteiger partial charge in [0.15, 0.2) is 11.5 Å². The van der Waals surface area contributed by atoms with E-state index in [9.17, 15) is 19.2 Å². The molecule has 1 aromatic heterocycles. The lowest BCUT2D eigenvalue weighted by Crippen LogP contribution is -2.24. The maximum absolute atomic E-state index is 12.2. The van der Waals surface area contributed by atoms with E-state index >= 15 is 0 Å². The number of H-pyrrole nitrogens is 1. The number of halogens is 2. The van der Waals surface area contributed by atoms with Gasteiger partial charge >= 0.3 is 5.76 Å². The highest BCUT2D eigenvalue weighted by molar-refractivity contribution is 6.37. The minimum absolute atomic E-state index is 0.0371. The Hall–Kier alpha value is -3.24. The molecule has 10 nitrogen and oxygen atoms in total. The van der Waals surface area contributed by atoms with Crippen LogP contribution in [-0.4, -0.2) is 47.2 Å². The van der Waals surface area contributed by atoms with Crippen molar-refractivity contribution in [1.29, 1.82) is 0 Å². The summed E-state index contributed by atoms with van der Waals surface area (Å²) in [5.74, 6) is -1.92. The summed E-state index contributed by atoms with van der Waals surface area (Å²) in [6.45, 7) is 1.94. The highest BCUT2D eigenvalue weighted by atomic mass is 35.5. The van der Waals surface area contributed by atoms with Crippen LogP contribution in [0.15, 0.2) is 38.1 Å². The molecule has 0 bridgehead atoms. The highest BCUT2D eigenvalue weighted by Crippen LogP contribution is 2.35. The smallest absolute Gasteiger partial charge is 0.439 e. The summed E-state index contributed by atoms with van der Waals surface area (Å²) in [5, 5.41) is 3.55. The van der Waals surface area contributed by atoms with Crippen molar-refractivity contribution in [3.63, 3.8) is 0 Å². The molecule has 1 N–H and O–H groups in total. The van der Waals surface area contributed by atoms with Gasteiger partial charge in [0.1, 0.15) is 6.54 Å². The first-order valence-corrected chi connectivity index (χ1v) is 9.63. The lowest BCUT2D eigenvalue weighted by atomic mass is 9.96. The molecule has 31 heavy (non-hydrogen) atoms. The topological polar surface area (TPSA) is 141 Å². The molecule has 0 amide bonds. The standard InChI is InChI=1S/C19H15Cl2N3O7/c1-9(7-29-8-25)11-5-16(22-6-15(11)27)30-17-12(20)2-10(3-13(17)21)4-14(26)18-23-19(28)31-24-18/h2-3,5,8-9H,4,6-7H2,1H3,(H,23,24,28). The van der Waals surface area contributed by atoms with Crippen LogP contribution in [0.2, 0.25) is 10.0 Å². The van der Waals surface area contributed by atoms with Gasteiger partial charge in [-0.25, -0.2) is 9.79 Å². The van der Waals surface area contributed by atoms with Gasteiger partial charge in [0.05, 0.1) is 16.7 Å². The fourth-order valence-corrected chi connectivity index (χ4v) is 3.40. The zero-order valence-electron chi connectivity index (χ0n) is 16.0. The zero-order chi connectivity index (χ0) is 22.5. The number of ketones is 2. The molecule has 1 aromatic carbocycles. The van der Waals surface area contributed by atoms with E-state index in [0.717, 1.165) is 0 Å². The summed E-state index contributed by atoms with van der Waals surface area (Å²) in [6, 6.07) is 2.94. The van der Waals surface area contributed by atoms with Gasteiger partial charge in [-0.3, -0.25) is 23.9 Å². The molecule has 2 heterocycles. The van der Waals surface area contributed by atoms with Gasteiger partial charge in [-0.05, 0) is 17.7 Å². The molecule has 0 saturated carbocycles. The second-order valence-electron chi connectivity index (χ2n) is 6.54. The highest BCUT2D eigenvalue weighted by Gasteiger charge is 2.24. The predicted molar refractivity (Wildman–Crippen MR) is 109 cm³/mol. The zero-order valence-corrected chi connectivity index (χ0v) is 17.5. The SMILES string of the molecule is CC(COC=O)C1=CC(Oc2c(Cl)cc(CC(=O)c3noc(=O)[nH]3)cc2Cl)=NCC1=O. The number of aromatic nitrogens is 2. The maximum Gasteiger partial charge on any atom is 0.439 e. The van der Waals surface area contributed by atoms with Crippen molar-refractivity contribution in [2.24, 2.45) is 10.9 Å². The fourth-order valence-electron chi connectivity index (χ4n) is 2.79. The van der Waals surface area contributed by atoms with E-state index < -0.39 is 11.5 Å². The van der Waals surface area contributed by atoms with Crippen molar-refractivity contribution >= 4 is 47.1 Å². The molecule has 0 radical (unpaired) electrons. The number of aliphatic imine (C=N–C) groups is 1. The molecular weight excluding hydrogens is 453 g/mol. The van der Waals surface area contributed by atoms with Gasteiger partial charge in [-0.1, -0.05) is 35.3 Å². The van der Waals surface area contributed by atoms with E-state index in [4.69, 9.17) is 32.7 Å². The largest absolute Gasteiger partial charge is 0.467 e. The number of dihydropyridines is 1. The summed E-state index contributed by atoms with van der Waals surface area (Å²) in [7, 11) is 0. The van der Waals surface area contributed by atoms with Crippen molar-refractivity contribution in [1.82, 2.24) is 10.1 Å². The Bertz CT molecular complexity index is 1130. The molecular formula is C19H15Cl2N3O7. The first-order chi connectivity index (χ1) is 14.8. The number of nitrogens with zero attached hydrogens (tertiary/aromatic N) is 2. The number of nitrogens with one attached hydrogen (secondary N) is 1. The molecule has 1 atom stereocenters. The third kappa shape index (κ3) is 5.47. The van der Waals surface area contributed by atoms with Gasteiger partial charge < -0.3 is 9.47 Å². The first kappa shape index (κ1) is 22.4. The molecule has 3 rings (SSSR count). The van der Waals surface area contributed by atoms with Gasteiger partial charge in [-0.15, -0.1) is 0 Å². The predicted octanol–water partition coefficient (Wildman–Crippen LogP) is 2.19. The number of ether oxygens (including phenoxy) is 2. The molecule has 12 heteroatoms. The third-order valence-electron chi connectivity index (χ3n) is 4.26. The van der Waals surface area contributed by atoms with Gasteiger partial charge in [0.2, 0.25) is 17.5 Å². The van der Waals surface area contributed by atoms with Gasteiger partial charge in [0, 0.05) is 24.0 Å². The minimum Gasteiger partial charge on any atom is -0.467 e. The van der Waals surface area contributed by atoms with Crippen molar-refractivity contribution in [2.45, 2.75) is 13.3 Å². The Morgan fingerprint density at radius 3 is 2.65 bits per heavy atom. The molecule has 1 aliphatic rings. The van der Waals surface area contributed by atoms with E-state index in [-0.39, 0.29) is 58.8 Å². The minimum atomic E-state index is -0.839. The maximum atomic E-state index is 12.2. The Balaban J connectivity index is 1.77. The van der Waals surface area contributed by atoms with E-state index in [0.29, 0.717) is 17.6 Å². The van der Waals surface area contributed by atoms with E-state index in [1.54, 1.807) is 6.92 Å². The normalized spacial score (nSPS) is 14.5. The summed E-state index contributed by atoms with van der Waals surface area (Å²) >= 11 is 12.5. The molecule has 1 unspecified atom stereocenters. The Labute approximate surface area is 184 Å². The Morgan fingerprint density at radius 2 is 2.03 bits per heavy atom. The average Bonchev–Trinajstić information content (AvgIpc) is 3.16. The van der Waals surface area contributed by atoms with E-state index in [1.807, 2.05) is 0 Å².